The number of phenolic OH excluding ortho intramolecular Hbond substituents is 1. The molecule has 0 radical (unpaired) electrons. The molecule has 0 bridgehead atoms. The lowest BCUT2D eigenvalue weighted by Gasteiger charge is -2.43. The maximum atomic E-state index is 12.6. The topological polar surface area (TPSA) is 188 Å². The Bertz CT molecular complexity index is 1010. The highest BCUT2D eigenvalue weighted by molar-refractivity contribution is 5.87. The standard InChI is InChI=1S/C24H28O12/c25-9-14-17(29)18(30)19(31)23(33-14)35-22-16-13(7-8-32-22)20(21-24(16,10-26)36-21)34-15(28)6-3-11-1-4-12(27)5-2-11/h1-8,13-14,16-23,25-27,29-31H,9-10H2/t13?,14?,16?,17?,18?,19?,20?,21?,22?,23?,24-/m1/s1. The second-order valence-electron chi connectivity index (χ2n) is 9.25. The number of phenols is 1. The average molecular weight is 508 g/mol. The minimum absolute atomic E-state index is 0.102. The van der Waals surface area contributed by atoms with Crippen molar-refractivity contribution >= 4 is 12.0 Å². The first-order chi connectivity index (χ1) is 17.3. The number of esters is 1. The molecule has 3 heterocycles. The van der Waals surface area contributed by atoms with Gasteiger partial charge in [0, 0.05) is 12.0 Å². The molecule has 0 aromatic heterocycles. The van der Waals surface area contributed by atoms with Crippen LogP contribution >= 0.6 is 0 Å². The summed E-state index contributed by atoms with van der Waals surface area (Å²) in [6, 6.07) is 6.24. The van der Waals surface area contributed by atoms with E-state index in [4.69, 9.17) is 23.7 Å². The van der Waals surface area contributed by atoms with Crippen molar-refractivity contribution in [1.29, 1.82) is 0 Å². The summed E-state index contributed by atoms with van der Waals surface area (Å²) >= 11 is 0. The molecule has 3 fully saturated rings. The first-order valence-electron chi connectivity index (χ1n) is 11.5. The second kappa shape index (κ2) is 9.72. The molecule has 11 atom stereocenters. The predicted molar refractivity (Wildman–Crippen MR) is 118 cm³/mol. The predicted octanol–water partition coefficient (Wildman–Crippen LogP) is -1.62. The Labute approximate surface area is 205 Å². The number of fused-ring (bicyclic) bond motifs is 3. The first kappa shape index (κ1) is 25.1. The Morgan fingerprint density at radius 3 is 2.50 bits per heavy atom. The third-order valence-corrected chi connectivity index (χ3v) is 7.16. The number of epoxide rings is 1. The molecule has 0 spiro atoms. The molecule has 2 saturated heterocycles. The van der Waals surface area contributed by atoms with Crippen LogP contribution in [0.25, 0.3) is 6.08 Å². The Hall–Kier alpha value is -2.55. The van der Waals surface area contributed by atoms with E-state index in [0.29, 0.717) is 5.56 Å². The van der Waals surface area contributed by atoms with E-state index in [1.807, 2.05) is 0 Å². The van der Waals surface area contributed by atoms with Crippen molar-refractivity contribution in [3.63, 3.8) is 0 Å². The zero-order chi connectivity index (χ0) is 25.6. The number of carbonyl (C=O) groups excluding carboxylic acids is 1. The summed E-state index contributed by atoms with van der Waals surface area (Å²) in [5.74, 6) is -1.67. The van der Waals surface area contributed by atoms with E-state index in [9.17, 15) is 35.4 Å². The lowest BCUT2D eigenvalue weighted by molar-refractivity contribution is -0.344. The largest absolute Gasteiger partial charge is 0.508 e. The molecule has 36 heavy (non-hydrogen) atoms. The van der Waals surface area contributed by atoms with E-state index >= 15 is 0 Å². The SMILES string of the molecule is O=C(C=Cc1ccc(O)cc1)OC1C2C=COC(OC3OC(CO)C(O)C(O)C3O)C2[C@@]2(CO)OC12. The van der Waals surface area contributed by atoms with Crippen LogP contribution in [0.3, 0.4) is 0 Å². The smallest absolute Gasteiger partial charge is 0.331 e. The van der Waals surface area contributed by atoms with Gasteiger partial charge in [-0.15, -0.1) is 0 Å². The molecule has 12 nitrogen and oxygen atoms in total. The van der Waals surface area contributed by atoms with Gasteiger partial charge < -0.3 is 54.3 Å². The molecule has 12 heteroatoms. The highest BCUT2D eigenvalue weighted by Crippen LogP contribution is 2.60. The number of carbonyl (C=O) groups is 1. The molecule has 196 valence electrons. The van der Waals surface area contributed by atoms with Crippen LogP contribution < -0.4 is 0 Å². The van der Waals surface area contributed by atoms with Gasteiger partial charge in [-0.3, -0.25) is 0 Å². The first-order valence-corrected chi connectivity index (χ1v) is 11.5. The van der Waals surface area contributed by atoms with Crippen molar-refractivity contribution in [2.45, 2.75) is 54.8 Å². The molecule has 1 saturated carbocycles. The quantitative estimate of drug-likeness (QED) is 0.141. The summed E-state index contributed by atoms with van der Waals surface area (Å²) in [4.78, 5) is 12.6. The van der Waals surface area contributed by atoms with Crippen LogP contribution in [-0.2, 0) is 28.5 Å². The number of ether oxygens (including phenoxy) is 5. The number of aliphatic hydroxyl groups is 5. The highest BCUT2D eigenvalue weighted by atomic mass is 16.8. The minimum Gasteiger partial charge on any atom is -0.508 e. The van der Waals surface area contributed by atoms with Crippen molar-refractivity contribution in [2.24, 2.45) is 11.8 Å². The molecule has 5 rings (SSSR count). The molecule has 0 amide bonds. The van der Waals surface area contributed by atoms with Gasteiger partial charge in [-0.2, -0.15) is 0 Å². The molecular formula is C24H28O12. The van der Waals surface area contributed by atoms with Crippen molar-refractivity contribution in [1.82, 2.24) is 0 Å². The van der Waals surface area contributed by atoms with Gasteiger partial charge in [-0.1, -0.05) is 12.1 Å². The van der Waals surface area contributed by atoms with E-state index < -0.39 is 85.8 Å². The van der Waals surface area contributed by atoms with Gasteiger partial charge in [0.1, 0.15) is 48.0 Å². The molecule has 6 N–H and O–H groups in total. The van der Waals surface area contributed by atoms with Crippen LogP contribution in [0.2, 0.25) is 0 Å². The van der Waals surface area contributed by atoms with Gasteiger partial charge in [0.25, 0.3) is 0 Å². The van der Waals surface area contributed by atoms with Crippen molar-refractivity contribution in [3.8, 4) is 5.75 Å². The second-order valence-corrected chi connectivity index (χ2v) is 9.25. The van der Waals surface area contributed by atoms with Crippen LogP contribution in [0.5, 0.6) is 5.75 Å². The number of benzene rings is 1. The van der Waals surface area contributed by atoms with Gasteiger partial charge >= 0.3 is 5.97 Å². The monoisotopic (exact) mass is 508 g/mol. The average Bonchev–Trinajstić information content (AvgIpc) is 3.56. The van der Waals surface area contributed by atoms with Gasteiger partial charge in [-0.25, -0.2) is 4.79 Å². The lowest BCUT2D eigenvalue weighted by Crippen LogP contribution is -2.60. The van der Waals surface area contributed by atoms with Crippen molar-refractivity contribution in [3.05, 3.63) is 48.2 Å². The summed E-state index contributed by atoms with van der Waals surface area (Å²) in [6.07, 6.45) is -4.18. The van der Waals surface area contributed by atoms with E-state index in [1.165, 1.54) is 30.5 Å². The molecule has 10 unspecified atom stereocenters. The number of hydrogen-bond acceptors (Lipinski definition) is 12. The molecule has 1 aromatic carbocycles. The van der Waals surface area contributed by atoms with Crippen LogP contribution in [0.1, 0.15) is 5.56 Å². The Morgan fingerprint density at radius 2 is 1.81 bits per heavy atom. The maximum absolute atomic E-state index is 12.6. The molecule has 3 aliphatic heterocycles. The van der Waals surface area contributed by atoms with Crippen LogP contribution in [-0.4, -0.2) is 105 Å². The Kier molecular flexibility index (Phi) is 6.78. The van der Waals surface area contributed by atoms with Gasteiger partial charge in [-0.05, 0) is 29.8 Å². The lowest BCUT2D eigenvalue weighted by atomic mass is 9.85. The zero-order valence-electron chi connectivity index (χ0n) is 18.9. The molecule has 1 aliphatic carbocycles. The number of hydrogen-bond donors (Lipinski definition) is 6. The third kappa shape index (κ3) is 4.29. The fourth-order valence-electron chi connectivity index (χ4n) is 5.21. The number of rotatable bonds is 7. The third-order valence-electron chi connectivity index (χ3n) is 7.16. The van der Waals surface area contributed by atoms with Gasteiger partial charge in [0.2, 0.25) is 6.29 Å². The normalized spacial score (nSPS) is 43.0. The minimum atomic E-state index is -1.64. The molecule has 1 aromatic rings. The van der Waals surface area contributed by atoms with Crippen LogP contribution in [0.15, 0.2) is 42.7 Å². The Morgan fingerprint density at radius 1 is 1.06 bits per heavy atom. The highest BCUT2D eigenvalue weighted by Gasteiger charge is 2.77. The molecule has 4 aliphatic rings. The number of aromatic hydroxyl groups is 1. The van der Waals surface area contributed by atoms with E-state index in [1.54, 1.807) is 18.2 Å². The van der Waals surface area contributed by atoms with Gasteiger partial charge in [0.15, 0.2) is 6.29 Å². The summed E-state index contributed by atoms with van der Waals surface area (Å²) in [5.41, 5.74) is -0.444. The fourth-order valence-corrected chi connectivity index (χ4v) is 5.21. The Balaban J connectivity index is 1.30. The van der Waals surface area contributed by atoms with Crippen LogP contribution in [0, 0.1) is 11.8 Å². The van der Waals surface area contributed by atoms with Crippen LogP contribution in [0.4, 0.5) is 0 Å². The zero-order valence-corrected chi connectivity index (χ0v) is 18.9. The number of aliphatic hydroxyl groups excluding tert-OH is 5. The molecular weight excluding hydrogens is 480 g/mol. The summed E-state index contributed by atoms with van der Waals surface area (Å²) in [5, 5.41) is 59.3. The fraction of sp³-hybridized carbons (Fsp3) is 0.542. The van der Waals surface area contributed by atoms with E-state index in [0.717, 1.165) is 0 Å². The summed E-state index contributed by atoms with van der Waals surface area (Å²) in [7, 11) is 0. The summed E-state index contributed by atoms with van der Waals surface area (Å²) in [6.45, 7) is -1.04. The van der Waals surface area contributed by atoms with E-state index in [-0.39, 0.29) is 5.75 Å². The maximum Gasteiger partial charge on any atom is 0.331 e. The van der Waals surface area contributed by atoms with Crippen molar-refractivity contribution < 1.29 is 59.1 Å². The van der Waals surface area contributed by atoms with E-state index in [2.05, 4.69) is 0 Å². The summed E-state index contributed by atoms with van der Waals surface area (Å²) < 4.78 is 28.3. The van der Waals surface area contributed by atoms with Gasteiger partial charge in [0.05, 0.1) is 25.4 Å². The van der Waals surface area contributed by atoms with Crippen molar-refractivity contribution in [2.75, 3.05) is 13.2 Å².